The Balaban J connectivity index is 4.57. The van der Waals surface area contributed by atoms with E-state index in [4.69, 9.17) is 4.74 Å². The second kappa shape index (κ2) is 5.69. The van der Waals surface area contributed by atoms with E-state index >= 15 is 0 Å². The molecule has 15 heavy (non-hydrogen) atoms. The number of hydrogen-bond donors (Lipinski definition) is 0. The van der Waals surface area contributed by atoms with Gasteiger partial charge >= 0.3 is 6.09 Å². The minimum Gasteiger partial charge on any atom is -0.442 e. The summed E-state index contributed by atoms with van der Waals surface area (Å²) >= 11 is 0. The van der Waals surface area contributed by atoms with Crippen LogP contribution in [0.25, 0.3) is 0 Å². The molecule has 3 nitrogen and oxygen atoms in total. The summed E-state index contributed by atoms with van der Waals surface area (Å²) in [6, 6.07) is 0. The van der Waals surface area contributed by atoms with Crippen LogP contribution in [0.1, 0.15) is 47.5 Å². The van der Waals surface area contributed by atoms with Gasteiger partial charge in [0.1, 0.15) is 5.60 Å². The molecule has 0 radical (unpaired) electrons. The molecule has 0 aliphatic heterocycles. The number of nitrogens with zero attached hydrogens (tertiary/aromatic N) is 1. The summed E-state index contributed by atoms with van der Waals surface area (Å²) in [5.41, 5.74) is 1.13. The van der Waals surface area contributed by atoms with Crippen molar-refractivity contribution in [3.8, 4) is 0 Å². The number of carbonyl (C=O) groups is 1. The fraction of sp³-hybridized carbons (Fsp3) is 0.667. The maximum atomic E-state index is 11.4. The molecule has 0 rings (SSSR count). The van der Waals surface area contributed by atoms with E-state index < -0.39 is 11.7 Å². The monoisotopic (exact) mass is 211 g/mol. The van der Waals surface area contributed by atoms with E-state index in [0.29, 0.717) is 6.42 Å². The lowest BCUT2D eigenvalue weighted by Gasteiger charge is -2.17. The summed E-state index contributed by atoms with van der Waals surface area (Å²) in [4.78, 5) is 15.3. The molecule has 0 aromatic heterocycles. The molecule has 1 amide bonds. The minimum absolute atomic E-state index is 0.493. The van der Waals surface area contributed by atoms with E-state index in [9.17, 15) is 4.79 Å². The summed E-state index contributed by atoms with van der Waals surface area (Å²) in [7, 11) is 0. The highest BCUT2D eigenvalue weighted by Gasteiger charge is 2.16. The molecule has 0 aliphatic carbocycles. The summed E-state index contributed by atoms with van der Waals surface area (Å²) in [5, 5.41) is 0. The molecule has 0 fully saturated rings. The Morgan fingerprint density at radius 3 is 2.13 bits per heavy atom. The van der Waals surface area contributed by atoms with Gasteiger partial charge in [0.2, 0.25) is 0 Å². The Morgan fingerprint density at radius 2 is 1.80 bits per heavy atom. The third-order valence-electron chi connectivity index (χ3n) is 1.79. The zero-order chi connectivity index (χ0) is 12.1. The standard InChI is InChI=1S/C12H21NO2/c1-7-9(3)10(8-2)13-11(14)15-12(4,5)6/h3,7-8H2,1-2,4-6H3. The number of amides is 1. The zero-order valence-electron chi connectivity index (χ0n) is 10.4. The van der Waals surface area contributed by atoms with Gasteiger partial charge in [-0.25, -0.2) is 4.79 Å². The lowest BCUT2D eigenvalue weighted by atomic mass is 10.1. The lowest BCUT2D eigenvalue weighted by molar-refractivity contribution is 0.0604. The first-order valence-electron chi connectivity index (χ1n) is 5.28. The quantitative estimate of drug-likeness (QED) is 0.667. The third kappa shape index (κ3) is 6.05. The Morgan fingerprint density at radius 1 is 1.27 bits per heavy atom. The van der Waals surface area contributed by atoms with Crippen molar-refractivity contribution in [3.05, 3.63) is 12.2 Å². The summed E-state index contributed by atoms with van der Waals surface area (Å²) in [6.07, 6.45) is 0.968. The number of allylic oxidation sites excluding steroid dienone is 1. The Bertz CT molecular complexity index is 272. The van der Waals surface area contributed by atoms with Crippen molar-refractivity contribution in [1.29, 1.82) is 0 Å². The molecule has 0 aliphatic rings. The number of rotatable bonds is 3. The van der Waals surface area contributed by atoms with Gasteiger partial charge in [-0.15, -0.1) is 0 Å². The zero-order valence-corrected chi connectivity index (χ0v) is 10.4. The number of aliphatic imine (C=N–C) groups is 1. The van der Waals surface area contributed by atoms with Crippen LogP contribution in [-0.4, -0.2) is 17.4 Å². The second-order valence-corrected chi connectivity index (χ2v) is 4.35. The van der Waals surface area contributed by atoms with Gasteiger partial charge in [-0.05, 0) is 39.2 Å². The summed E-state index contributed by atoms with van der Waals surface area (Å²) in [6.45, 7) is 13.3. The highest BCUT2D eigenvalue weighted by Crippen LogP contribution is 2.10. The normalized spacial score (nSPS) is 12.5. The largest absolute Gasteiger partial charge is 0.442 e. The van der Waals surface area contributed by atoms with Crippen LogP contribution in [0, 0.1) is 0 Å². The van der Waals surface area contributed by atoms with Crippen molar-refractivity contribution in [1.82, 2.24) is 0 Å². The van der Waals surface area contributed by atoms with Crippen molar-refractivity contribution >= 4 is 11.8 Å². The van der Waals surface area contributed by atoms with E-state index in [2.05, 4.69) is 11.6 Å². The van der Waals surface area contributed by atoms with Crippen LogP contribution in [0.15, 0.2) is 17.1 Å². The predicted molar refractivity (Wildman–Crippen MR) is 63.4 cm³/mol. The average Bonchev–Trinajstić information content (AvgIpc) is 2.10. The van der Waals surface area contributed by atoms with Crippen molar-refractivity contribution < 1.29 is 9.53 Å². The van der Waals surface area contributed by atoms with E-state index in [0.717, 1.165) is 17.7 Å². The van der Waals surface area contributed by atoms with Gasteiger partial charge in [0.05, 0.1) is 5.71 Å². The Kier molecular flexibility index (Phi) is 5.26. The first-order valence-corrected chi connectivity index (χ1v) is 5.28. The molecule has 86 valence electrons. The van der Waals surface area contributed by atoms with Gasteiger partial charge in [0.15, 0.2) is 0 Å². The topological polar surface area (TPSA) is 38.7 Å². The van der Waals surface area contributed by atoms with Crippen LogP contribution in [0.5, 0.6) is 0 Å². The van der Waals surface area contributed by atoms with Gasteiger partial charge in [0.25, 0.3) is 0 Å². The molecule has 3 heteroatoms. The maximum absolute atomic E-state index is 11.4. The second-order valence-electron chi connectivity index (χ2n) is 4.35. The van der Waals surface area contributed by atoms with Crippen LogP contribution < -0.4 is 0 Å². The fourth-order valence-electron chi connectivity index (χ4n) is 1.01. The lowest BCUT2D eigenvalue weighted by Crippen LogP contribution is -2.22. The van der Waals surface area contributed by atoms with Crippen LogP contribution >= 0.6 is 0 Å². The third-order valence-corrected chi connectivity index (χ3v) is 1.79. The van der Waals surface area contributed by atoms with Gasteiger partial charge < -0.3 is 4.74 Å². The molecule has 0 bridgehead atoms. The van der Waals surface area contributed by atoms with Gasteiger partial charge in [-0.3, -0.25) is 0 Å². The highest BCUT2D eigenvalue weighted by molar-refractivity contribution is 6.04. The molecule has 0 aromatic rings. The number of hydrogen-bond acceptors (Lipinski definition) is 2. The van der Waals surface area contributed by atoms with E-state index in [1.165, 1.54) is 0 Å². The molecular formula is C12H21NO2. The van der Waals surface area contributed by atoms with Crippen molar-refractivity contribution in [2.75, 3.05) is 0 Å². The molecule has 0 unspecified atom stereocenters. The van der Waals surface area contributed by atoms with Crippen LogP contribution in [-0.2, 0) is 4.74 Å². The molecule has 0 N–H and O–H groups in total. The molecule has 0 aromatic carbocycles. The molecule has 0 atom stereocenters. The first-order chi connectivity index (χ1) is 6.80. The summed E-state index contributed by atoms with van der Waals surface area (Å²) in [5.74, 6) is 0. The predicted octanol–water partition coefficient (Wildman–Crippen LogP) is 3.74. The van der Waals surface area contributed by atoms with E-state index in [1.807, 2.05) is 34.6 Å². The Labute approximate surface area is 92.2 Å². The minimum atomic E-state index is -0.533. The van der Waals surface area contributed by atoms with Gasteiger partial charge in [-0.1, -0.05) is 20.4 Å². The molecule has 0 saturated heterocycles. The maximum Gasteiger partial charge on any atom is 0.434 e. The molecule has 0 saturated carbocycles. The smallest absolute Gasteiger partial charge is 0.434 e. The Hall–Kier alpha value is -1.12. The highest BCUT2D eigenvalue weighted by atomic mass is 16.6. The van der Waals surface area contributed by atoms with Crippen LogP contribution in [0.4, 0.5) is 4.79 Å². The molecule has 0 heterocycles. The molecular weight excluding hydrogens is 190 g/mol. The average molecular weight is 211 g/mol. The van der Waals surface area contributed by atoms with Gasteiger partial charge in [0, 0.05) is 0 Å². The van der Waals surface area contributed by atoms with Gasteiger partial charge in [-0.2, -0.15) is 4.99 Å². The number of carbonyl (C=O) groups excluding carboxylic acids is 1. The fourth-order valence-corrected chi connectivity index (χ4v) is 1.01. The number of ether oxygens (including phenoxy) is 1. The van der Waals surface area contributed by atoms with Crippen LogP contribution in [0.3, 0.4) is 0 Å². The van der Waals surface area contributed by atoms with Crippen LogP contribution in [0.2, 0.25) is 0 Å². The van der Waals surface area contributed by atoms with Crippen molar-refractivity contribution in [2.24, 2.45) is 4.99 Å². The van der Waals surface area contributed by atoms with Crippen molar-refractivity contribution in [3.63, 3.8) is 0 Å². The van der Waals surface area contributed by atoms with Crippen molar-refractivity contribution in [2.45, 2.75) is 53.1 Å². The van der Waals surface area contributed by atoms with E-state index in [1.54, 1.807) is 0 Å². The summed E-state index contributed by atoms with van der Waals surface area (Å²) < 4.78 is 5.10. The van der Waals surface area contributed by atoms with E-state index in [-0.39, 0.29) is 0 Å². The molecule has 0 spiro atoms. The SMILES string of the molecule is C=C(CC)C(CC)=NC(=O)OC(C)(C)C. The first kappa shape index (κ1) is 13.9.